The molecule has 7 nitrogen and oxygen atoms in total. The van der Waals surface area contributed by atoms with Gasteiger partial charge in [0.25, 0.3) is 5.56 Å². The Morgan fingerprint density at radius 2 is 2.14 bits per heavy atom. The molecule has 2 N–H and O–H groups in total. The summed E-state index contributed by atoms with van der Waals surface area (Å²) < 4.78 is 33.6. The van der Waals surface area contributed by atoms with Gasteiger partial charge in [0.05, 0.1) is 0 Å². The Morgan fingerprint density at radius 3 is 2.90 bits per heavy atom. The van der Waals surface area contributed by atoms with Gasteiger partial charge in [0.2, 0.25) is 5.95 Å². The smallest absolute Gasteiger partial charge is 0.294 e. The molecule has 3 heterocycles. The van der Waals surface area contributed by atoms with Crippen molar-refractivity contribution < 1.29 is 18.6 Å². The van der Waals surface area contributed by atoms with Crippen LogP contribution >= 0.6 is 11.8 Å². The number of aryl methyl sites for hydroxylation is 1. The van der Waals surface area contributed by atoms with Gasteiger partial charge < -0.3 is 15.2 Å². The van der Waals surface area contributed by atoms with Crippen molar-refractivity contribution in [3.8, 4) is 11.5 Å². The lowest BCUT2D eigenvalue weighted by atomic mass is 10.1. The lowest BCUT2D eigenvalue weighted by Crippen LogP contribution is -2.30. The monoisotopic (exact) mass is 420 g/mol. The molecule has 1 aliphatic heterocycles. The van der Waals surface area contributed by atoms with E-state index in [0.29, 0.717) is 29.5 Å². The van der Waals surface area contributed by atoms with E-state index in [0.717, 1.165) is 24.3 Å². The number of thioether (sulfide) groups is 1. The quantitative estimate of drug-likeness (QED) is 0.671. The number of ether oxygens (including phenoxy) is 1. The van der Waals surface area contributed by atoms with Gasteiger partial charge in [-0.25, -0.2) is 13.8 Å². The molecule has 0 saturated carbocycles. The summed E-state index contributed by atoms with van der Waals surface area (Å²) in [6, 6.07) is 4.32. The lowest BCUT2D eigenvalue weighted by molar-refractivity contribution is 0.238. The molecule has 1 aliphatic rings. The number of benzene rings is 1. The molecule has 3 aromatic rings. The zero-order valence-electron chi connectivity index (χ0n) is 15.4. The predicted molar refractivity (Wildman–Crippen MR) is 106 cm³/mol. The molecule has 2 aromatic heterocycles. The van der Waals surface area contributed by atoms with Crippen molar-refractivity contribution in [2.45, 2.75) is 24.3 Å². The van der Waals surface area contributed by atoms with Crippen molar-refractivity contribution in [1.29, 1.82) is 0 Å². The van der Waals surface area contributed by atoms with Crippen molar-refractivity contribution in [2.75, 3.05) is 11.1 Å². The van der Waals surface area contributed by atoms with E-state index in [1.54, 1.807) is 0 Å². The van der Waals surface area contributed by atoms with Gasteiger partial charge in [-0.1, -0.05) is 0 Å². The van der Waals surface area contributed by atoms with Crippen LogP contribution in [0.2, 0.25) is 0 Å². The SMILES string of the molecule is Cn1c(=O)c(Oc2ccc(F)cc2F)cc2cnc(NC3CCSC(O)C3)nc21. The minimum Gasteiger partial charge on any atom is -0.448 e. The highest BCUT2D eigenvalue weighted by Crippen LogP contribution is 2.27. The molecule has 1 aromatic carbocycles. The van der Waals surface area contributed by atoms with Crippen LogP contribution in [0.3, 0.4) is 0 Å². The number of aliphatic hydroxyl groups excluding tert-OH is 1. The molecule has 0 aliphatic carbocycles. The maximum Gasteiger partial charge on any atom is 0.294 e. The molecule has 0 spiro atoms. The third kappa shape index (κ3) is 4.18. The molecule has 2 atom stereocenters. The average Bonchev–Trinajstić information content (AvgIpc) is 2.68. The molecule has 29 heavy (non-hydrogen) atoms. The number of pyridine rings is 1. The van der Waals surface area contributed by atoms with E-state index in [2.05, 4.69) is 15.3 Å². The van der Waals surface area contributed by atoms with Crippen molar-refractivity contribution in [3.05, 3.63) is 52.5 Å². The van der Waals surface area contributed by atoms with E-state index in [9.17, 15) is 18.7 Å². The number of aromatic nitrogens is 3. The Kier molecular flexibility index (Phi) is 5.37. The average molecular weight is 420 g/mol. The molecule has 4 rings (SSSR count). The zero-order valence-corrected chi connectivity index (χ0v) is 16.2. The second-order valence-corrected chi connectivity index (χ2v) is 8.00. The van der Waals surface area contributed by atoms with Crippen LogP contribution in [0, 0.1) is 11.6 Å². The first-order valence-corrected chi connectivity index (χ1v) is 10.0. The van der Waals surface area contributed by atoms with Crippen LogP contribution < -0.4 is 15.6 Å². The predicted octanol–water partition coefficient (Wildman–Crippen LogP) is 3.02. The summed E-state index contributed by atoms with van der Waals surface area (Å²) in [7, 11) is 1.52. The van der Waals surface area contributed by atoms with E-state index < -0.39 is 22.6 Å². The molecule has 1 fully saturated rings. The highest BCUT2D eigenvalue weighted by Gasteiger charge is 2.21. The second-order valence-electron chi connectivity index (χ2n) is 6.71. The molecule has 1 saturated heterocycles. The molecular weight excluding hydrogens is 402 g/mol. The standard InChI is InChI=1S/C19H18F2N4O3S/c1-25-17-10(9-22-19(24-17)23-12-4-5-29-16(26)8-12)6-15(18(25)27)28-14-3-2-11(20)7-13(14)21/h2-3,6-7,9,12,16,26H,4-5,8H2,1H3,(H,22,23,24). The number of hydrogen-bond acceptors (Lipinski definition) is 7. The van der Waals surface area contributed by atoms with E-state index in [-0.39, 0.29) is 17.5 Å². The van der Waals surface area contributed by atoms with Gasteiger partial charge in [0, 0.05) is 37.2 Å². The van der Waals surface area contributed by atoms with E-state index in [4.69, 9.17) is 4.74 Å². The first-order chi connectivity index (χ1) is 13.9. The molecule has 10 heteroatoms. The largest absolute Gasteiger partial charge is 0.448 e. The maximum atomic E-state index is 13.9. The number of anilines is 1. The van der Waals surface area contributed by atoms with Gasteiger partial charge in [0.15, 0.2) is 17.3 Å². The van der Waals surface area contributed by atoms with Crippen LogP contribution in [-0.4, -0.2) is 36.9 Å². The van der Waals surface area contributed by atoms with E-state index in [1.807, 2.05) is 0 Å². The van der Waals surface area contributed by atoms with Crippen LogP contribution in [0.25, 0.3) is 11.0 Å². The Bertz CT molecular complexity index is 1120. The Balaban J connectivity index is 1.64. The number of halogens is 2. The van der Waals surface area contributed by atoms with Crippen molar-refractivity contribution in [3.63, 3.8) is 0 Å². The number of nitrogens with zero attached hydrogens (tertiary/aromatic N) is 3. The van der Waals surface area contributed by atoms with Gasteiger partial charge in [-0.05, 0) is 30.4 Å². The third-order valence-corrected chi connectivity index (χ3v) is 5.67. The van der Waals surface area contributed by atoms with E-state index in [1.165, 1.54) is 35.6 Å². The number of nitrogens with one attached hydrogen (secondary N) is 1. The van der Waals surface area contributed by atoms with Crippen molar-refractivity contribution >= 4 is 28.7 Å². The fourth-order valence-corrected chi connectivity index (χ4v) is 4.19. The first-order valence-electron chi connectivity index (χ1n) is 8.96. The normalized spacial score (nSPS) is 19.3. The van der Waals surface area contributed by atoms with Crippen LogP contribution in [-0.2, 0) is 7.05 Å². The molecule has 0 amide bonds. The number of rotatable bonds is 4. The summed E-state index contributed by atoms with van der Waals surface area (Å²) in [4.78, 5) is 21.3. The van der Waals surface area contributed by atoms with Crippen molar-refractivity contribution in [2.24, 2.45) is 7.05 Å². The minimum atomic E-state index is -0.907. The summed E-state index contributed by atoms with van der Waals surface area (Å²) in [6.07, 6.45) is 2.99. The first kappa shape index (κ1) is 19.6. The van der Waals surface area contributed by atoms with Crippen LogP contribution in [0.15, 0.2) is 35.3 Å². The minimum absolute atomic E-state index is 0.0461. The molecular formula is C19H18F2N4O3S. The zero-order chi connectivity index (χ0) is 20.5. The van der Waals surface area contributed by atoms with Gasteiger partial charge >= 0.3 is 0 Å². The summed E-state index contributed by atoms with van der Waals surface area (Å²) >= 11 is 1.51. The summed E-state index contributed by atoms with van der Waals surface area (Å²) in [5.74, 6) is -0.826. The van der Waals surface area contributed by atoms with Crippen LogP contribution in [0.1, 0.15) is 12.8 Å². The summed E-state index contributed by atoms with van der Waals surface area (Å²) in [6.45, 7) is 0. The topological polar surface area (TPSA) is 89.3 Å². The molecule has 152 valence electrons. The number of fused-ring (bicyclic) bond motifs is 1. The maximum absolute atomic E-state index is 13.9. The second kappa shape index (κ2) is 7.96. The Labute approximate surface area is 168 Å². The Morgan fingerprint density at radius 1 is 1.31 bits per heavy atom. The molecule has 2 unspecified atom stereocenters. The van der Waals surface area contributed by atoms with Crippen LogP contribution in [0.4, 0.5) is 14.7 Å². The van der Waals surface area contributed by atoms with Crippen molar-refractivity contribution in [1.82, 2.24) is 14.5 Å². The van der Waals surface area contributed by atoms with Crippen LogP contribution in [0.5, 0.6) is 11.5 Å². The van der Waals surface area contributed by atoms with E-state index >= 15 is 0 Å². The number of hydrogen-bond donors (Lipinski definition) is 2. The molecule has 0 radical (unpaired) electrons. The highest BCUT2D eigenvalue weighted by molar-refractivity contribution is 7.99. The highest BCUT2D eigenvalue weighted by atomic mass is 32.2. The summed E-state index contributed by atoms with van der Waals surface area (Å²) in [5, 5.41) is 13.5. The Hall–Kier alpha value is -2.72. The van der Waals surface area contributed by atoms with Gasteiger partial charge in [-0.2, -0.15) is 4.98 Å². The fourth-order valence-electron chi connectivity index (χ4n) is 3.13. The lowest BCUT2D eigenvalue weighted by Gasteiger charge is -2.26. The third-order valence-electron chi connectivity index (χ3n) is 4.63. The number of aliphatic hydroxyl groups is 1. The van der Waals surface area contributed by atoms with Gasteiger partial charge in [-0.15, -0.1) is 11.8 Å². The fraction of sp³-hybridized carbons (Fsp3) is 0.316. The summed E-state index contributed by atoms with van der Waals surface area (Å²) in [5.41, 5.74) is -0.557. The van der Waals surface area contributed by atoms with Gasteiger partial charge in [0.1, 0.15) is 16.9 Å². The van der Waals surface area contributed by atoms with Gasteiger partial charge in [-0.3, -0.25) is 9.36 Å². The molecule has 0 bridgehead atoms.